The Balaban J connectivity index is 1.33. The number of hydrogen-bond acceptors (Lipinski definition) is 5. The fourth-order valence-electron chi connectivity index (χ4n) is 5.13. The van der Waals surface area contributed by atoms with Gasteiger partial charge >= 0.3 is 0 Å². The maximum atomic E-state index is 10.7. The molecule has 0 saturated carbocycles. The van der Waals surface area contributed by atoms with Gasteiger partial charge < -0.3 is 15.0 Å². The summed E-state index contributed by atoms with van der Waals surface area (Å²) in [7, 11) is 1.88. The van der Waals surface area contributed by atoms with Crippen molar-refractivity contribution in [1.29, 1.82) is 0 Å². The summed E-state index contributed by atoms with van der Waals surface area (Å²) in [5.41, 5.74) is 4.18. The van der Waals surface area contributed by atoms with Crippen LogP contribution in [0.1, 0.15) is 31.7 Å². The predicted molar refractivity (Wildman–Crippen MR) is 115 cm³/mol. The summed E-state index contributed by atoms with van der Waals surface area (Å²) in [6, 6.07) is 11.5. The van der Waals surface area contributed by atoms with Gasteiger partial charge in [0.15, 0.2) is 5.65 Å². The van der Waals surface area contributed by atoms with E-state index in [1.54, 1.807) is 16.9 Å². The fourth-order valence-corrected chi connectivity index (χ4v) is 5.13. The first kappa shape index (κ1) is 17.7. The third-order valence-corrected chi connectivity index (χ3v) is 6.62. The van der Waals surface area contributed by atoms with Gasteiger partial charge in [0.1, 0.15) is 5.75 Å². The fraction of sp³-hybridized carbons (Fsp3) is 0.348. The van der Waals surface area contributed by atoms with E-state index in [9.17, 15) is 5.11 Å². The summed E-state index contributed by atoms with van der Waals surface area (Å²) in [5.74, 6) is 0.194. The van der Waals surface area contributed by atoms with E-state index in [0.717, 1.165) is 35.0 Å². The highest BCUT2D eigenvalue weighted by Gasteiger charge is 2.34. The molecule has 2 aliphatic rings. The molecular formula is C23H24N6O. The van der Waals surface area contributed by atoms with Gasteiger partial charge in [-0.05, 0) is 55.5 Å². The van der Waals surface area contributed by atoms with Crippen LogP contribution in [-0.4, -0.2) is 41.7 Å². The van der Waals surface area contributed by atoms with E-state index in [-0.39, 0.29) is 5.75 Å². The number of benzene rings is 1. The average Bonchev–Trinajstić information content (AvgIpc) is 3.45. The predicted octanol–water partition coefficient (Wildman–Crippen LogP) is 3.66. The van der Waals surface area contributed by atoms with Crippen LogP contribution in [0, 0.1) is 0 Å². The Kier molecular flexibility index (Phi) is 3.92. The maximum Gasteiger partial charge on any atom is 0.162 e. The molecule has 3 atom stereocenters. The first-order chi connectivity index (χ1) is 14.6. The van der Waals surface area contributed by atoms with E-state index in [2.05, 4.69) is 37.4 Å². The Morgan fingerprint density at radius 3 is 2.60 bits per heavy atom. The second-order valence-electron chi connectivity index (χ2n) is 8.63. The topological polar surface area (TPSA) is 80.8 Å². The minimum absolute atomic E-state index is 0.194. The van der Waals surface area contributed by atoms with Crippen LogP contribution in [0.4, 0.5) is 0 Å². The molecule has 6 rings (SSSR count). The number of nitrogens with one attached hydrogen (secondary N) is 1. The third kappa shape index (κ3) is 2.89. The molecule has 152 valence electrons. The number of aromatic hydroxyl groups is 1. The second-order valence-corrected chi connectivity index (χ2v) is 8.63. The minimum Gasteiger partial charge on any atom is -0.507 e. The number of phenols is 1. The van der Waals surface area contributed by atoms with E-state index in [1.165, 1.54) is 12.8 Å². The van der Waals surface area contributed by atoms with Crippen molar-refractivity contribution >= 4 is 11.0 Å². The summed E-state index contributed by atoms with van der Waals surface area (Å²) < 4.78 is 4.04. The highest BCUT2D eigenvalue weighted by Crippen LogP contribution is 2.37. The monoisotopic (exact) mass is 400 g/mol. The van der Waals surface area contributed by atoms with E-state index in [1.807, 2.05) is 31.4 Å². The van der Waals surface area contributed by atoms with Gasteiger partial charge in [-0.15, -0.1) is 10.2 Å². The number of hydrogen-bond donors (Lipinski definition) is 2. The zero-order valence-electron chi connectivity index (χ0n) is 16.9. The first-order valence-electron chi connectivity index (χ1n) is 10.6. The lowest BCUT2D eigenvalue weighted by atomic mass is 10.00. The van der Waals surface area contributed by atoms with Crippen molar-refractivity contribution in [3.05, 3.63) is 48.9 Å². The van der Waals surface area contributed by atoms with Crippen LogP contribution in [0.25, 0.3) is 33.4 Å². The Morgan fingerprint density at radius 2 is 1.87 bits per heavy atom. The third-order valence-electron chi connectivity index (χ3n) is 6.62. The van der Waals surface area contributed by atoms with Gasteiger partial charge in [0.05, 0.1) is 11.9 Å². The van der Waals surface area contributed by atoms with Crippen LogP contribution in [0.15, 0.2) is 48.9 Å². The molecule has 2 aliphatic heterocycles. The van der Waals surface area contributed by atoms with E-state index < -0.39 is 0 Å². The molecule has 2 fully saturated rings. The molecule has 3 aromatic heterocycles. The Morgan fingerprint density at radius 1 is 1.03 bits per heavy atom. The van der Waals surface area contributed by atoms with Crippen LogP contribution in [0.5, 0.6) is 5.75 Å². The van der Waals surface area contributed by atoms with Crippen molar-refractivity contribution < 1.29 is 5.11 Å². The maximum absolute atomic E-state index is 10.7. The molecule has 2 saturated heterocycles. The summed E-state index contributed by atoms with van der Waals surface area (Å²) in [5, 5.41) is 28.6. The number of piperidine rings is 1. The molecule has 2 unspecified atom stereocenters. The largest absolute Gasteiger partial charge is 0.507 e. The summed E-state index contributed by atoms with van der Waals surface area (Å²) in [6.45, 7) is 0. The number of fused-ring (bicyclic) bond motifs is 3. The smallest absolute Gasteiger partial charge is 0.162 e. The van der Waals surface area contributed by atoms with Crippen LogP contribution in [0.2, 0.25) is 0 Å². The van der Waals surface area contributed by atoms with Gasteiger partial charge in [0.25, 0.3) is 0 Å². The van der Waals surface area contributed by atoms with Crippen LogP contribution >= 0.6 is 0 Å². The average molecular weight is 400 g/mol. The van der Waals surface area contributed by atoms with Gasteiger partial charge in [-0.2, -0.15) is 5.10 Å². The molecule has 30 heavy (non-hydrogen) atoms. The van der Waals surface area contributed by atoms with E-state index in [4.69, 9.17) is 0 Å². The number of rotatable bonds is 3. The lowest BCUT2D eigenvalue weighted by Gasteiger charge is -2.30. The highest BCUT2D eigenvalue weighted by molar-refractivity contribution is 5.82. The van der Waals surface area contributed by atoms with Gasteiger partial charge in [-0.25, -0.2) is 0 Å². The molecular weight excluding hydrogens is 376 g/mol. The Labute approximate surface area is 174 Å². The van der Waals surface area contributed by atoms with E-state index in [0.29, 0.717) is 29.4 Å². The standard InChI is InChI=1S/C23H24N6O/c1-28-13-16(12-24-28)14-2-5-20(22(30)9-14)21-8-15-6-7-29(23(15)27-26-21)19-10-17-3-4-18(11-19)25-17/h2,5-9,12-13,17-19,25,30H,3-4,10-11H2,1H3/t17-,18?,19?/m1/s1. The number of aromatic nitrogens is 5. The lowest BCUT2D eigenvalue weighted by molar-refractivity contribution is 0.303. The zero-order chi connectivity index (χ0) is 20.2. The number of phenolic OH excluding ortho intramolecular Hbond substituents is 1. The Hall–Kier alpha value is -3.19. The molecule has 4 aromatic rings. The molecule has 2 bridgehead atoms. The molecule has 7 heteroatoms. The van der Waals surface area contributed by atoms with Crippen LogP contribution in [-0.2, 0) is 7.05 Å². The lowest BCUT2D eigenvalue weighted by Crippen LogP contribution is -2.38. The number of aryl methyl sites for hydroxylation is 1. The summed E-state index contributed by atoms with van der Waals surface area (Å²) >= 11 is 0. The van der Waals surface area contributed by atoms with E-state index >= 15 is 0 Å². The van der Waals surface area contributed by atoms with Gasteiger partial charge in [-0.3, -0.25) is 4.68 Å². The van der Waals surface area contributed by atoms with Crippen molar-refractivity contribution in [3.63, 3.8) is 0 Å². The summed E-state index contributed by atoms with van der Waals surface area (Å²) in [4.78, 5) is 0. The van der Waals surface area contributed by atoms with Crippen molar-refractivity contribution in [2.75, 3.05) is 0 Å². The van der Waals surface area contributed by atoms with Gasteiger partial charge in [0, 0.05) is 54.1 Å². The van der Waals surface area contributed by atoms with Crippen molar-refractivity contribution in [3.8, 4) is 28.1 Å². The second kappa shape index (κ2) is 6.67. The van der Waals surface area contributed by atoms with Gasteiger partial charge in [0.2, 0.25) is 0 Å². The minimum atomic E-state index is 0.194. The van der Waals surface area contributed by atoms with Crippen molar-refractivity contribution in [1.82, 2.24) is 29.9 Å². The first-order valence-corrected chi connectivity index (χ1v) is 10.6. The van der Waals surface area contributed by atoms with Crippen molar-refractivity contribution in [2.24, 2.45) is 7.05 Å². The normalized spacial score (nSPS) is 23.3. The molecule has 5 heterocycles. The molecule has 0 radical (unpaired) electrons. The molecule has 0 aliphatic carbocycles. The highest BCUT2D eigenvalue weighted by atomic mass is 16.3. The molecule has 1 aromatic carbocycles. The molecule has 0 amide bonds. The zero-order valence-corrected chi connectivity index (χ0v) is 16.9. The van der Waals surface area contributed by atoms with Crippen LogP contribution < -0.4 is 5.32 Å². The van der Waals surface area contributed by atoms with Gasteiger partial charge in [-0.1, -0.05) is 6.07 Å². The number of nitrogens with zero attached hydrogens (tertiary/aromatic N) is 5. The molecule has 2 N–H and O–H groups in total. The molecule has 0 spiro atoms. The summed E-state index contributed by atoms with van der Waals surface area (Å²) in [6.07, 6.45) is 10.7. The van der Waals surface area contributed by atoms with Crippen molar-refractivity contribution in [2.45, 2.75) is 43.8 Å². The SMILES string of the molecule is Cn1cc(-c2ccc(-c3cc4ccn(C5CC6CC[C@H](C5)N6)c4nn3)c(O)c2)cn1. The quantitative estimate of drug-likeness (QED) is 0.549. The Bertz CT molecular complexity index is 1230. The van der Waals surface area contributed by atoms with Crippen LogP contribution in [0.3, 0.4) is 0 Å². The molecule has 7 nitrogen and oxygen atoms in total.